The number of nitrogens with zero attached hydrogens (tertiary/aromatic N) is 2. The van der Waals surface area contributed by atoms with Crippen LogP contribution in [0.3, 0.4) is 0 Å². The largest absolute Gasteiger partial charge is 0.507 e. The number of hydrogen-bond donors (Lipinski definition) is 2. The number of phenolic OH excluding ortho intramolecular Hbond substituents is 1. The lowest BCUT2D eigenvalue weighted by atomic mass is 10.1. The Morgan fingerprint density at radius 1 is 1.32 bits per heavy atom. The summed E-state index contributed by atoms with van der Waals surface area (Å²) < 4.78 is 0. The number of nitrogens with one attached hydrogen (secondary N) is 1. The van der Waals surface area contributed by atoms with Crippen molar-refractivity contribution in [3.63, 3.8) is 0 Å². The molecule has 0 aliphatic carbocycles. The van der Waals surface area contributed by atoms with Crippen molar-refractivity contribution in [1.82, 2.24) is 5.43 Å². The molecule has 0 aromatic heterocycles. The molecule has 0 fully saturated rings. The second-order valence-electron chi connectivity index (χ2n) is 4.21. The van der Waals surface area contributed by atoms with Gasteiger partial charge in [-0.2, -0.15) is 5.10 Å². The number of benzene rings is 2. The molecule has 0 saturated carbocycles. The highest BCUT2D eigenvalue weighted by Gasteiger charge is 2.15. The molecule has 0 heterocycles. The summed E-state index contributed by atoms with van der Waals surface area (Å²) in [7, 11) is 0. The lowest BCUT2D eigenvalue weighted by Gasteiger charge is -2.02. The third kappa shape index (κ3) is 3.80. The normalized spacial score (nSPS) is 10.6. The molecule has 0 unspecified atom stereocenters. The van der Waals surface area contributed by atoms with Crippen molar-refractivity contribution in [2.45, 2.75) is 0 Å². The number of carbonyl (C=O) groups excluding carboxylic acids is 1. The first-order chi connectivity index (χ1) is 10.5. The first-order valence-electron chi connectivity index (χ1n) is 6.04. The van der Waals surface area contributed by atoms with E-state index in [1.165, 1.54) is 6.21 Å². The van der Waals surface area contributed by atoms with Gasteiger partial charge in [-0.3, -0.25) is 14.9 Å². The molecule has 1 amide bonds. The average Bonchev–Trinajstić information content (AvgIpc) is 2.47. The minimum absolute atomic E-state index is 0.238. The number of hydrazone groups is 1. The summed E-state index contributed by atoms with van der Waals surface area (Å²) in [4.78, 5) is 21.9. The fourth-order valence-corrected chi connectivity index (χ4v) is 1.83. The van der Waals surface area contributed by atoms with E-state index in [0.717, 1.165) is 18.2 Å². The Labute approximate surface area is 130 Å². The first-order valence-corrected chi connectivity index (χ1v) is 6.41. The third-order valence-corrected chi connectivity index (χ3v) is 2.90. The van der Waals surface area contributed by atoms with Crippen LogP contribution in [0.2, 0.25) is 5.02 Å². The van der Waals surface area contributed by atoms with Gasteiger partial charge >= 0.3 is 0 Å². The van der Waals surface area contributed by atoms with E-state index in [4.69, 9.17) is 11.6 Å². The maximum Gasteiger partial charge on any atom is 0.275 e. The highest BCUT2D eigenvalue weighted by atomic mass is 35.5. The molecule has 0 atom stereocenters. The Balaban J connectivity index is 2.12. The zero-order valence-corrected chi connectivity index (χ0v) is 11.8. The van der Waals surface area contributed by atoms with E-state index in [9.17, 15) is 20.0 Å². The predicted molar refractivity (Wildman–Crippen MR) is 81.3 cm³/mol. The second-order valence-corrected chi connectivity index (χ2v) is 4.65. The van der Waals surface area contributed by atoms with Gasteiger partial charge in [0.1, 0.15) is 5.75 Å². The van der Waals surface area contributed by atoms with Gasteiger partial charge in [-0.05, 0) is 23.8 Å². The molecule has 0 bridgehead atoms. The quantitative estimate of drug-likeness (QED) is 0.513. The number of carbonyl (C=O) groups is 1. The molecular formula is C14H10ClN3O4. The fraction of sp³-hybridized carbons (Fsp3) is 0. The average molecular weight is 320 g/mol. The third-order valence-electron chi connectivity index (χ3n) is 2.66. The molecule has 7 nitrogen and oxygen atoms in total. The van der Waals surface area contributed by atoms with E-state index in [1.807, 2.05) is 0 Å². The SMILES string of the molecule is O=C(N/N=C/c1cccc(Cl)c1)c1cc([N+](=O)[O-])ccc1O. The van der Waals surface area contributed by atoms with Gasteiger partial charge in [-0.25, -0.2) is 5.43 Å². The molecule has 2 N–H and O–H groups in total. The molecule has 2 aromatic rings. The number of non-ortho nitro benzene ring substituents is 1. The van der Waals surface area contributed by atoms with Gasteiger partial charge in [0.25, 0.3) is 11.6 Å². The summed E-state index contributed by atoms with van der Waals surface area (Å²) in [5, 5.41) is 24.5. The van der Waals surface area contributed by atoms with Gasteiger partial charge in [-0.15, -0.1) is 0 Å². The molecule has 0 saturated heterocycles. The molecule has 2 aromatic carbocycles. The van der Waals surface area contributed by atoms with E-state index < -0.39 is 10.8 Å². The van der Waals surface area contributed by atoms with E-state index >= 15 is 0 Å². The van der Waals surface area contributed by atoms with Crippen LogP contribution in [-0.4, -0.2) is 22.2 Å². The number of phenols is 1. The first kappa shape index (κ1) is 15.5. The van der Waals surface area contributed by atoms with Gasteiger partial charge in [0.05, 0.1) is 16.7 Å². The molecule has 22 heavy (non-hydrogen) atoms. The predicted octanol–water partition coefficient (Wildman–Crippen LogP) is 2.72. The molecule has 2 rings (SSSR count). The molecule has 112 valence electrons. The molecule has 0 aliphatic heterocycles. The highest BCUT2D eigenvalue weighted by Crippen LogP contribution is 2.22. The van der Waals surface area contributed by atoms with Crippen LogP contribution in [0, 0.1) is 10.1 Å². The Morgan fingerprint density at radius 3 is 2.77 bits per heavy atom. The van der Waals surface area contributed by atoms with E-state index in [-0.39, 0.29) is 17.0 Å². The van der Waals surface area contributed by atoms with Crippen molar-refractivity contribution in [3.05, 3.63) is 68.7 Å². The van der Waals surface area contributed by atoms with E-state index in [1.54, 1.807) is 24.3 Å². The summed E-state index contributed by atoms with van der Waals surface area (Å²) in [5.41, 5.74) is 2.30. The van der Waals surface area contributed by atoms with Crippen LogP contribution < -0.4 is 5.43 Å². The Kier molecular flexibility index (Phi) is 4.70. The van der Waals surface area contributed by atoms with Gasteiger partial charge in [0.2, 0.25) is 0 Å². The molecule has 0 spiro atoms. The summed E-state index contributed by atoms with van der Waals surface area (Å²) in [6.07, 6.45) is 1.36. The van der Waals surface area contributed by atoms with Crippen LogP contribution in [0.15, 0.2) is 47.6 Å². The minimum Gasteiger partial charge on any atom is -0.507 e. The second kappa shape index (κ2) is 6.68. The van der Waals surface area contributed by atoms with Gasteiger partial charge in [0.15, 0.2) is 0 Å². The number of aromatic hydroxyl groups is 1. The van der Waals surface area contributed by atoms with Crippen LogP contribution >= 0.6 is 11.6 Å². The number of amides is 1. The van der Waals surface area contributed by atoms with E-state index in [0.29, 0.717) is 10.6 Å². The number of hydrogen-bond acceptors (Lipinski definition) is 5. The summed E-state index contributed by atoms with van der Waals surface area (Å²) in [6, 6.07) is 9.93. The van der Waals surface area contributed by atoms with Gasteiger partial charge in [0, 0.05) is 17.2 Å². The zero-order chi connectivity index (χ0) is 16.1. The Morgan fingerprint density at radius 2 is 2.09 bits per heavy atom. The molecule has 0 aliphatic rings. The van der Waals surface area contributed by atoms with Crippen molar-refractivity contribution < 1.29 is 14.8 Å². The van der Waals surface area contributed by atoms with Crippen LogP contribution in [0.1, 0.15) is 15.9 Å². The number of halogens is 1. The number of nitro groups is 1. The molecule has 8 heteroatoms. The Hall–Kier alpha value is -2.93. The number of nitro benzene ring substituents is 1. The summed E-state index contributed by atoms with van der Waals surface area (Å²) >= 11 is 5.80. The van der Waals surface area contributed by atoms with Crippen molar-refractivity contribution in [2.75, 3.05) is 0 Å². The minimum atomic E-state index is -0.764. The van der Waals surface area contributed by atoms with Crippen molar-refractivity contribution in [2.24, 2.45) is 5.10 Å². The van der Waals surface area contributed by atoms with Crippen LogP contribution in [0.5, 0.6) is 5.75 Å². The lowest BCUT2D eigenvalue weighted by molar-refractivity contribution is -0.384. The summed E-state index contributed by atoms with van der Waals surface area (Å²) in [5.74, 6) is -1.14. The summed E-state index contributed by atoms with van der Waals surface area (Å²) in [6.45, 7) is 0. The zero-order valence-electron chi connectivity index (χ0n) is 11.1. The van der Waals surface area contributed by atoms with Crippen molar-refractivity contribution in [3.8, 4) is 5.75 Å². The number of rotatable bonds is 4. The topological polar surface area (TPSA) is 105 Å². The Bertz CT molecular complexity index is 762. The van der Waals surface area contributed by atoms with Crippen LogP contribution in [0.4, 0.5) is 5.69 Å². The van der Waals surface area contributed by atoms with Gasteiger partial charge < -0.3 is 5.11 Å². The van der Waals surface area contributed by atoms with Gasteiger partial charge in [-0.1, -0.05) is 23.7 Å². The smallest absolute Gasteiger partial charge is 0.275 e. The lowest BCUT2D eigenvalue weighted by Crippen LogP contribution is -2.18. The maximum absolute atomic E-state index is 11.9. The molecule has 0 radical (unpaired) electrons. The maximum atomic E-state index is 11.9. The van der Waals surface area contributed by atoms with Crippen LogP contribution in [0.25, 0.3) is 0 Å². The molecular weight excluding hydrogens is 310 g/mol. The van der Waals surface area contributed by atoms with Crippen molar-refractivity contribution in [1.29, 1.82) is 0 Å². The van der Waals surface area contributed by atoms with Crippen LogP contribution in [-0.2, 0) is 0 Å². The monoisotopic (exact) mass is 319 g/mol. The standard InChI is InChI=1S/C14H10ClN3O4/c15-10-3-1-2-9(6-10)8-16-17-14(20)12-7-11(18(21)22)4-5-13(12)19/h1-8,19H,(H,17,20)/b16-8+. The van der Waals surface area contributed by atoms with Crippen molar-refractivity contribution >= 4 is 29.4 Å². The highest BCUT2D eigenvalue weighted by molar-refractivity contribution is 6.30. The van der Waals surface area contributed by atoms with E-state index in [2.05, 4.69) is 10.5 Å². The fourth-order valence-electron chi connectivity index (χ4n) is 1.63.